The molecule has 2 rings (SSSR count). The van der Waals surface area contributed by atoms with E-state index in [9.17, 15) is 10.1 Å². The lowest BCUT2D eigenvalue weighted by atomic mass is 10.2. The van der Waals surface area contributed by atoms with E-state index in [-0.39, 0.29) is 17.2 Å². The van der Waals surface area contributed by atoms with Crippen molar-refractivity contribution in [2.45, 2.75) is 0 Å². The zero-order chi connectivity index (χ0) is 14.7. The van der Waals surface area contributed by atoms with Gasteiger partial charge in [0.2, 0.25) is 5.75 Å². The molecule has 7 heteroatoms. The van der Waals surface area contributed by atoms with Gasteiger partial charge < -0.3 is 4.74 Å². The lowest BCUT2D eigenvalue weighted by Gasteiger charge is -2.09. The third-order valence-electron chi connectivity index (χ3n) is 2.42. The minimum atomic E-state index is -0.538. The van der Waals surface area contributed by atoms with Crippen molar-refractivity contribution >= 4 is 37.5 Å². The predicted octanol–water partition coefficient (Wildman–Crippen LogP) is 4.78. The van der Waals surface area contributed by atoms with Crippen LogP contribution in [-0.4, -0.2) is 4.92 Å². The summed E-state index contributed by atoms with van der Waals surface area (Å²) in [5.74, 6) is 0.309. The maximum Gasteiger partial charge on any atom is 0.312 e. The molecule has 0 aliphatic heterocycles. The van der Waals surface area contributed by atoms with E-state index in [2.05, 4.69) is 31.9 Å². The summed E-state index contributed by atoms with van der Waals surface area (Å²) in [5, 5.41) is 20.1. The fourth-order valence-electron chi connectivity index (χ4n) is 1.53. The lowest BCUT2D eigenvalue weighted by Crippen LogP contribution is -1.95. The Kier molecular flexibility index (Phi) is 4.37. The van der Waals surface area contributed by atoms with Crippen LogP contribution in [0.5, 0.6) is 11.5 Å². The molecule has 0 aliphatic rings. The largest absolute Gasteiger partial charge is 0.447 e. The van der Waals surface area contributed by atoms with Crippen LogP contribution in [-0.2, 0) is 0 Å². The highest BCUT2D eigenvalue weighted by Crippen LogP contribution is 2.39. The summed E-state index contributed by atoms with van der Waals surface area (Å²) in [4.78, 5) is 10.5. The Morgan fingerprint density at radius 3 is 2.65 bits per heavy atom. The third-order valence-corrected chi connectivity index (χ3v) is 3.54. The number of rotatable bonds is 3. The second-order valence-corrected chi connectivity index (χ2v) is 5.47. The topological polar surface area (TPSA) is 76.2 Å². The maximum atomic E-state index is 11.0. The van der Waals surface area contributed by atoms with E-state index in [0.29, 0.717) is 14.5 Å². The van der Waals surface area contributed by atoms with Crippen LogP contribution in [0.1, 0.15) is 5.56 Å². The molecule has 5 nitrogen and oxygen atoms in total. The Hall–Kier alpha value is -1.91. The number of hydrogen-bond acceptors (Lipinski definition) is 4. The number of nitrogens with zero attached hydrogens (tertiary/aromatic N) is 2. The zero-order valence-electron chi connectivity index (χ0n) is 9.84. The monoisotopic (exact) mass is 396 g/mol. The number of nitro benzene ring substituents is 1. The van der Waals surface area contributed by atoms with Gasteiger partial charge in [-0.25, -0.2) is 0 Å². The van der Waals surface area contributed by atoms with Gasteiger partial charge in [-0.2, -0.15) is 5.26 Å². The van der Waals surface area contributed by atoms with Crippen molar-refractivity contribution in [3.8, 4) is 17.6 Å². The van der Waals surface area contributed by atoms with Crippen LogP contribution in [0.25, 0.3) is 0 Å². The first kappa shape index (κ1) is 14.5. The fourth-order valence-corrected chi connectivity index (χ4v) is 2.30. The minimum Gasteiger partial charge on any atom is -0.447 e. The van der Waals surface area contributed by atoms with E-state index in [1.54, 1.807) is 30.3 Å². The van der Waals surface area contributed by atoms with Crippen molar-refractivity contribution < 1.29 is 9.66 Å². The molecular weight excluding hydrogens is 392 g/mol. The summed E-state index contributed by atoms with van der Waals surface area (Å²) in [7, 11) is 0. The van der Waals surface area contributed by atoms with Crippen LogP contribution in [0.2, 0.25) is 0 Å². The first-order chi connectivity index (χ1) is 9.52. The highest BCUT2D eigenvalue weighted by atomic mass is 79.9. The van der Waals surface area contributed by atoms with Crippen LogP contribution >= 0.6 is 31.9 Å². The fraction of sp³-hybridized carbons (Fsp3) is 0. The van der Waals surface area contributed by atoms with Gasteiger partial charge in [0.25, 0.3) is 0 Å². The second kappa shape index (κ2) is 6.03. The molecule has 2 aromatic rings. The highest BCUT2D eigenvalue weighted by Gasteiger charge is 2.20. The van der Waals surface area contributed by atoms with Gasteiger partial charge in [-0.05, 0) is 40.2 Å². The molecule has 20 heavy (non-hydrogen) atoms. The number of benzene rings is 2. The standard InChI is InChI=1S/C13H6Br2N2O3/c14-9-5-4-8(7-16)12(6-9)20-13-10(15)2-1-3-11(13)17(18)19/h1-6H. The molecule has 0 bridgehead atoms. The summed E-state index contributed by atoms with van der Waals surface area (Å²) >= 11 is 6.48. The summed E-state index contributed by atoms with van der Waals surface area (Å²) in [5.41, 5.74) is 0.112. The van der Waals surface area contributed by atoms with Crippen LogP contribution in [0, 0.1) is 21.4 Å². The van der Waals surface area contributed by atoms with Gasteiger partial charge in [0, 0.05) is 10.5 Å². The first-order valence-electron chi connectivity index (χ1n) is 5.33. The Morgan fingerprint density at radius 2 is 2.00 bits per heavy atom. The molecule has 2 aromatic carbocycles. The molecule has 0 atom stereocenters. The molecule has 100 valence electrons. The average molecular weight is 398 g/mol. The molecule has 0 unspecified atom stereocenters. The van der Waals surface area contributed by atoms with Crippen LogP contribution in [0.4, 0.5) is 5.69 Å². The van der Waals surface area contributed by atoms with Gasteiger partial charge in [0.15, 0.2) is 0 Å². The summed E-state index contributed by atoms with van der Waals surface area (Å²) in [6.07, 6.45) is 0. The van der Waals surface area contributed by atoms with Gasteiger partial charge in [-0.3, -0.25) is 10.1 Å². The SMILES string of the molecule is N#Cc1ccc(Br)cc1Oc1c(Br)cccc1[N+](=O)[O-]. The van der Waals surface area contributed by atoms with Crippen LogP contribution in [0.15, 0.2) is 45.3 Å². The Bertz CT molecular complexity index is 726. The number of nitro groups is 1. The molecule has 0 saturated heterocycles. The van der Waals surface area contributed by atoms with Gasteiger partial charge in [-0.15, -0.1) is 0 Å². The van der Waals surface area contributed by atoms with Crippen molar-refractivity contribution in [2.24, 2.45) is 0 Å². The summed E-state index contributed by atoms with van der Waals surface area (Å²) < 4.78 is 6.71. The lowest BCUT2D eigenvalue weighted by molar-refractivity contribution is -0.385. The predicted molar refractivity (Wildman–Crippen MR) is 79.7 cm³/mol. The molecule has 0 amide bonds. The van der Waals surface area contributed by atoms with Crippen molar-refractivity contribution in [2.75, 3.05) is 0 Å². The average Bonchev–Trinajstić information content (AvgIpc) is 2.41. The Balaban J connectivity index is 2.53. The smallest absolute Gasteiger partial charge is 0.312 e. The quantitative estimate of drug-likeness (QED) is 0.551. The number of nitriles is 1. The van der Waals surface area contributed by atoms with Crippen molar-refractivity contribution in [1.29, 1.82) is 5.26 Å². The number of ether oxygens (including phenoxy) is 1. The van der Waals surface area contributed by atoms with Crippen molar-refractivity contribution in [3.63, 3.8) is 0 Å². The maximum absolute atomic E-state index is 11.0. The van der Waals surface area contributed by atoms with E-state index in [0.717, 1.165) is 0 Å². The summed E-state index contributed by atoms with van der Waals surface area (Å²) in [6.45, 7) is 0. The normalized spacial score (nSPS) is 9.85. The zero-order valence-corrected chi connectivity index (χ0v) is 13.0. The molecule has 0 fully saturated rings. The molecule has 0 aliphatic carbocycles. The van der Waals surface area contributed by atoms with Crippen LogP contribution < -0.4 is 4.74 Å². The van der Waals surface area contributed by atoms with Gasteiger partial charge in [-0.1, -0.05) is 22.0 Å². The minimum absolute atomic E-state index is 0.0621. The van der Waals surface area contributed by atoms with Crippen molar-refractivity contribution in [3.05, 3.63) is 61.0 Å². The van der Waals surface area contributed by atoms with E-state index in [4.69, 9.17) is 10.00 Å². The number of para-hydroxylation sites is 1. The van der Waals surface area contributed by atoms with E-state index >= 15 is 0 Å². The van der Waals surface area contributed by atoms with E-state index in [1.807, 2.05) is 6.07 Å². The van der Waals surface area contributed by atoms with Gasteiger partial charge in [0.05, 0.1) is 15.0 Å². The molecule has 0 spiro atoms. The summed E-state index contributed by atoms with van der Waals surface area (Å²) in [6, 6.07) is 11.3. The number of halogens is 2. The Labute approximate surface area is 131 Å². The number of hydrogen-bond donors (Lipinski definition) is 0. The molecule has 0 aromatic heterocycles. The Morgan fingerprint density at radius 1 is 1.25 bits per heavy atom. The van der Waals surface area contributed by atoms with E-state index < -0.39 is 4.92 Å². The first-order valence-corrected chi connectivity index (χ1v) is 6.92. The van der Waals surface area contributed by atoms with E-state index in [1.165, 1.54) is 6.07 Å². The molecule has 0 N–H and O–H groups in total. The molecule has 0 saturated carbocycles. The van der Waals surface area contributed by atoms with Crippen LogP contribution in [0.3, 0.4) is 0 Å². The third kappa shape index (κ3) is 2.98. The molecular formula is C13H6Br2N2O3. The molecule has 0 heterocycles. The van der Waals surface area contributed by atoms with Gasteiger partial charge in [0.1, 0.15) is 11.8 Å². The second-order valence-electron chi connectivity index (χ2n) is 3.70. The molecule has 0 radical (unpaired) electrons. The van der Waals surface area contributed by atoms with Crippen molar-refractivity contribution in [1.82, 2.24) is 0 Å². The highest BCUT2D eigenvalue weighted by molar-refractivity contribution is 9.10. The van der Waals surface area contributed by atoms with Gasteiger partial charge >= 0.3 is 5.69 Å².